The molecule has 5 nitrogen and oxygen atoms in total. The highest BCUT2D eigenvalue weighted by Crippen LogP contribution is 2.29. The minimum atomic E-state index is 0.0228. The van der Waals surface area contributed by atoms with E-state index in [1.54, 1.807) is 23.7 Å². The maximum atomic E-state index is 8.75. The topological polar surface area (TPSA) is 85.4 Å². The van der Waals surface area contributed by atoms with Gasteiger partial charge in [-0.2, -0.15) is 10.5 Å². The number of aromatic nitrogens is 2. The van der Waals surface area contributed by atoms with Crippen LogP contribution in [0.4, 0.5) is 5.69 Å². The Hall–Kier alpha value is -3.48. The molecular weight excluding hydrogens is 318 g/mol. The lowest BCUT2D eigenvalue weighted by Gasteiger charge is -2.03. The molecule has 3 rings (SSSR count). The van der Waals surface area contributed by atoms with Gasteiger partial charge in [0.25, 0.3) is 0 Å². The summed E-state index contributed by atoms with van der Waals surface area (Å²) >= 11 is 1.56. The molecule has 114 valence electrons. The smallest absolute Gasteiger partial charge is 0.145 e. The second-order valence-corrected chi connectivity index (χ2v) is 5.64. The van der Waals surface area contributed by atoms with Gasteiger partial charge in [-0.1, -0.05) is 12.1 Å². The zero-order valence-electron chi connectivity index (χ0n) is 12.5. The molecule has 2 aromatic heterocycles. The summed E-state index contributed by atoms with van der Waals surface area (Å²) in [6.07, 6.45) is 4.88. The van der Waals surface area contributed by atoms with E-state index >= 15 is 0 Å². The van der Waals surface area contributed by atoms with E-state index in [0.29, 0.717) is 0 Å². The molecule has 0 radical (unpaired) electrons. The van der Waals surface area contributed by atoms with E-state index in [4.69, 9.17) is 10.5 Å². The van der Waals surface area contributed by atoms with Crippen molar-refractivity contribution in [2.45, 2.75) is 0 Å². The third-order valence-electron chi connectivity index (χ3n) is 3.21. The monoisotopic (exact) mass is 329 g/mol. The maximum Gasteiger partial charge on any atom is 0.145 e. The van der Waals surface area contributed by atoms with Crippen LogP contribution in [0.1, 0.15) is 0 Å². The van der Waals surface area contributed by atoms with Crippen molar-refractivity contribution in [3.8, 4) is 34.0 Å². The fraction of sp³-hybridized carbons (Fsp3) is 0. The summed E-state index contributed by atoms with van der Waals surface area (Å²) < 4.78 is 0. The molecule has 0 fully saturated rings. The number of nitriles is 2. The Balaban J connectivity index is 1.85. The average Bonchev–Trinajstić information content (AvgIpc) is 3.14. The molecule has 0 aliphatic heterocycles. The highest BCUT2D eigenvalue weighted by atomic mass is 32.1. The van der Waals surface area contributed by atoms with E-state index in [2.05, 4.69) is 15.3 Å². The van der Waals surface area contributed by atoms with Gasteiger partial charge in [-0.05, 0) is 24.3 Å². The molecule has 0 unspecified atom stereocenters. The lowest BCUT2D eigenvalue weighted by Crippen LogP contribution is -1.90. The van der Waals surface area contributed by atoms with Crippen molar-refractivity contribution >= 4 is 17.0 Å². The number of rotatable bonds is 4. The number of benzene rings is 1. The molecule has 1 N–H and O–H groups in total. The molecule has 0 amide bonds. The van der Waals surface area contributed by atoms with Crippen LogP contribution in [-0.2, 0) is 0 Å². The molecule has 6 heteroatoms. The van der Waals surface area contributed by atoms with Gasteiger partial charge in [0, 0.05) is 40.8 Å². The van der Waals surface area contributed by atoms with E-state index in [1.807, 2.05) is 53.9 Å². The Labute approximate surface area is 143 Å². The molecule has 24 heavy (non-hydrogen) atoms. The van der Waals surface area contributed by atoms with Crippen molar-refractivity contribution in [3.63, 3.8) is 0 Å². The van der Waals surface area contributed by atoms with Gasteiger partial charge in [-0.15, -0.1) is 11.3 Å². The summed E-state index contributed by atoms with van der Waals surface area (Å²) in [6.45, 7) is 0. The zero-order chi connectivity index (χ0) is 16.8. The SMILES string of the molecule is N#CC(C#N)=CNc1cccc(-c2nc(-c3ccncc3)cs2)c1. The van der Waals surface area contributed by atoms with Crippen molar-refractivity contribution in [1.82, 2.24) is 9.97 Å². The van der Waals surface area contributed by atoms with Gasteiger partial charge in [-0.25, -0.2) is 4.98 Å². The summed E-state index contributed by atoms with van der Waals surface area (Å²) in [5, 5.41) is 23.4. The number of hydrogen-bond acceptors (Lipinski definition) is 6. The van der Waals surface area contributed by atoms with Crippen molar-refractivity contribution in [2.75, 3.05) is 5.32 Å². The first-order valence-electron chi connectivity index (χ1n) is 7.03. The van der Waals surface area contributed by atoms with Crippen LogP contribution in [0, 0.1) is 22.7 Å². The van der Waals surface area contributed by atoms with Crippen LogP contribution < -0.4 is 5.32 Å². The minimum Gasteiger partial charge on any atom is -0.360 e. The fourth-order valence-corrected chi connectivity index (χ4v) is 2.87. The van der Waals surface area contributed by atoms with Gasteiger partial charge < -0.3 is 5.32 Å². The van der Waals surface area contributed by atoms with Crippen LogP contribution in [0.15, 0.2) is 65.9 Å². The van der Waals surface area contributed by atoms with Crippen molar-refractivity contribution in [2.24, 2.45) is 0 Å². The minimum absolute atomic E-state index is 0.0228. The number of pyridine rings is 1. The molecule has 0 atom stereocenters. The van der Waals surface area contributed by atoms with Gasteiger partial charge in [0.05, 0.1) is 5.69 Å². The molecule has 0 aliphatic carbocycles. The van der Waals surface area contributed by atoms with Gasteiger partial charge in [0.1, 0.15) is 22.7 Å². The summed E-state index contributed by atoms with van der Waals surface area (Å²) in [6, 6.07) is 15.1. The lowest BCUT2D eigenvalue weighted by molar-refractivity contribution is 1.31. The van der Waals surface area contributed by atoms with E-state index < -0.39 is 0 Å². The zero-order valence-corrected chi connectivity index (χ0v) is 13.3. The van der Waals surface area contributed by atoms with Crippen molar-refractivity contribution < 1.29 is 0 Å². The second kappa shape index (κ2) is 7.19. The molecule has 2 heterocycles. The van der Waals surface area contributed by atoms with E-state index in [-0.39, 0.29) is 5.57 Å². The first kappa shape index (κ1) is 15.4. The van der Waals surface area contributed by atoms with E-state index in [9.17, 15) is 0 Å². The van der Waals surface area contributed by atoms with Gasteiger partial charge in [0.2, 0.25) is 0 Å². The second-order valence-electron chi connectivity index (χ2n) is 4.78. The predicted molar refractivity (Wildman–Crippen MR) is 93.7 cm³/mol. The standard InChI is InChI=1S/C18H11N5S/c19-9-13(10-20)11-22-16-3-1-2-15(8-16)18-23-17(12-24-18)14-4-6-21-7-5-14/h1-8,11-12,22H. The highest BCUT2D eigenvalue weighted by Gasteiger charge is 2.07. The van der Waals surface area contributed by atoms with Crippen LogP contribution in [0.3, 0.4) is 0 Å². The number of anilines is 1. The van der Waals surface area contributed by atoms with Crippen LogP contribution >= 0.6 is 11.3 Å². The van der Waals surface area contributed by atoms with Gasteiger partial charge >= 0.3 is 0 Å². The lowest BCUT2D eigenvalue weighted by atomic mass is 10.2. The molecule has 0 spiro atoms. The van der Waals surface area contributed by atoms with Crippen molar-refractivity contribution in [3.05, 3.63) is 65.9 Å². The third-order valence-corrected chi connectivity index (χ3v) is 4.11. The van der Waals surface area contributed by atoms with Crippen LogP contribution in [0.2, 0.25) is 0 Å². The molecule has 0 bridgehead atoms. The Bertz CT molecular complexity index is 945. The molecular formula is C18H11N5S. The number of hydrogen-bond donors (Lipinski definition) is 1. The number of nitrogens with one attached hydrogen (secondary N) is 1. The van der Waals surface area contributed by atoms with E-state index in [0.717, 1.165) is 27.5 Å². The number of allylic oxidation sites excluding steroid dienone is 1. The van der Waals surface area contributed by atoms with Gasteiger partial charge in [0.15, 0.2) is 0 Å². The molecule has 0 saturated heterocycles. The average molecular weight is 329 g/mol. The van der Waals surface area contributed by atoms with Crippen LogP contribution in [0.5, 0.6) is 0 Å². The van der Waals surface area contributed by atoms with Crippen molar-refractivity contribution in [1.29, 1.82) is 10.5 Å². The molecule has 1 aromatic carbocycles. The largest absolute Gasteiger partial charge is 0.360 e. The number of nitrogens with zero attached hydrogens (tertiary/aromatic N) is 4. The first-order valence-corrected chi connectivity index (χ1v) is 7.91. The Morgan fingerprint density at radius 2 is 1.88 bits per heavy atom. The first-order chi connectivity index (χ1) is 11.8. The van der Waals surface area contributed by atoms with Crippen LogP contribution in [-0.4, -0.2) is 9.97 Å². The third kappa shape index (κ3) is 3.46. The molecule has 0 saturated carbocycles. The predicted octanol–water partition coefficient (Wildman–Crippen LogP) is 4.22. The molecule has 0 aliphatic rings. The summed E-state index contributed by atoms with van der Waals surface area (Å²) in [5.74, 6) is 0. The van der Waals surface area contributed by atoms with Crippen LogP contribution in [0.25, 0.3) is 21.8 Å². The normalized spacial score (nSPS) is 9.58. The molecule has 3 aromatic rings. The summed E-state index contributed by atoms with van der Waals surface area (Å²) in [4.78, 5) is 8.67. The highest BCUT2D eigenvalue weighted by molar-refractivity contribution is 7.13. The Morgan fingerprint density at radius 3 is 2.62 bits per heavy atom. The van der Waals surface area contributed by atoms with E-state index in [1.165, 1.54) is 6.20 Å². The summed E-state index contributed by atoms with van der Waals surface area (Å²) in [7, 11) is 0. The quantitative estimate of drug-likeness (QED) is 0.724. The fourth-order valence-electron chi connectivity index (χ4n) is 2.05. The number of thiazole rings is 1. The Kier molecular flexibility index (Phi) is 4.62. The maximum absolute atomic E-state index is 8.75. The Morgan fingerprint density at radius 1 is 1.08 bits per heavy atom. The van der Waals surface area contributed by atoms with Gasteiger partial charge in [-0.3, -0.25) is 4.98 Å². The summed E-state index contributed by atoms with van der Waals surface area (Å²) in [5.41, 5.74) is 3.71.